The summed E-state index contributed by atoms with van der Waals surface area (Å²) in [6.45, 7) is 0. The molecule has 0 N–H and O–H groups in total. The molecule has 18 heavy (non-hydrogen) atoms. The van der Waals surface area contributed by atoms with Crippen molar-refractivity contribution in [2.75, 3.05) is 0 Å². The van der Waals surface area contributed by atoms with Crippen LogP contribution < -0.4 is 0 Å². The fourth-order valence-electron chi connectivity index (χ4n) is 2.48. The molecule has 2 rings (SSSR count). The minimum Gasteiger partial charge on any atom is -0.208 e. The van der Waals surface area contributed by atoms with Gasteiger partial charge in [0.05, 0.1) is 0 Å². The Balaban J connectivity index is 2.07. The van der Waals surface area contributed by atoms with Crippen LogP contribution in [0.1, 0.15) is 49.1 Å². The lowest BCUT2D eigenvalue weighted by molar-refractivity contribution is 0.443. The van der Waals surface area contributed by atoms with Gasteiger partial charge in [0.2, 0.25) is 0 Å². The molecule has 0 aromatic heterocycles. The highest BCUT2D eigenvalue weighted by molar-refractivity contribution is 8.16. The topological polar surface area (TPSA) is 34.1 Å². The standard InChI is InChI=1S/C14H17ClO2S/c15-18(16,17)11-10-12-6-8-14(9-7-12)13-4-2-1-3-5-13/h6-11,13H,1-5H2. The first-order chi connectivity index (χ1) is 8.54. The minimum absolute atomic E-state index is 0.675. The molecule has 1 aromatic carbocycles. The van der Waals surface area contributed by atoms with Gasteiger partial charge in [0.15, 0.2) is 0 Å². The second-order valence-corrected chi connectivity index (χ2v) is 7.29. The summed E-state index contributed by atoms with van der Waals surface area (Å²) < 4.78 is 21.6. The largest absolute Gasteiger partial charge is 0.254 e. The van der Waals surface area contributed by atoms with Crippen molar-refractivity contribution >= 4 is 25.8 Å². The van der Waals surface area contributed by atoms with Gasteiger partial charge in [-0.25, -0.2) is 8.42 Å². The monoisotopic (exact) mass is 284 g/mol. The van der Waals surface area contributed by atoms with Crippen molar-refractivity contribution in [3.63, 3.8) is 0 Å². The third kappa shape index (κ3) is 4.14. The Morgan fingerprint density at radius 3 is 2.22 bits per heavy atom. The van der Waals surface area contributed by atoms with Crippen molar-refractivity contribution < 1.29 is 8.42 Å². The van der Waals surface area contributed by atoms with Crippen LogP contribution in [0.5, 0.6) is 0 Å². The summed E-state index contributed by atoms with van der Waals surface area (Å²) in [5.74, 6) is 0.675. The first-order valence-electron chi connectivity index (χ1n) is 6.27. The molecule has 2 nitrogen and oxygen atoms in total. The van der Waals surface area contributed by atoms with Gasteiger partial charge in [0, 0.05) is 16.1 Å². The maximum atomic E-state index is 10.8. The van der Waals surface area contributed by atoms with E-state index in [1.165, 1.54) is 43.7 Å². The van der Waals surface area contributed by atoms with Crippen LogP contribution in [-0.4, -0.2) is 8.42 Å². The molecule has 1 aliphatic rings. The number of rotatable bonds is 3. The summed E-state index contributed by atoms with van der Waals surface area (Å²) in [6, 6.07) is 8.08. The van der Waals surface area contributed by atoms with Crippen LogP contribution in [0.25, 0.3) is 6.08 Å². The van der Waals surface area contributed by atoms with E-state index in [1.807, 2.05) is 12.1 Å². The van der Waals surface area contributed by atoms with E-state index in [-0.39, 0.29) is 0 Å². The molecule has 0 bridgehead atoms. The Morgan fingerprint density at radius 2 is 1.67 bits per heavy atom. The van der Waals surface area contributed by atoms with E-state index < -0.39 is 9.05 Å². The third-order valence-corrected chi connectivity index (χ3v) is 4.21. The van der Waals surface area contributed by atoms with Gasteiger partial charge in [-0.2, -0.15) is 0 Å². The molecule has 1 aromatic rings. The summed E-state index contributed by atoms with van der Waals surface area (Å²) in [5, 5.41) is 1.02. The first-order valence-corrected chi connectivity index (χ1v) is 8.64. The Morgan fingerprint density at radius 1 is 1.06 bits per heavy atom. The highest BCUT2D eigenvalue weighted by atomic mass is 35.7. The molecule has 0 atom stereocenters. The number of benzene rings is 1. The highest BCUT2D eigenvalue weighted by Crippen LogP contribution is 2.32. The molecule has 98 valence electrons. The Labute approximate surface area is 113 Å². The fourth-order valence-corrected chi connectivity index (χ4v) is 2.95. The molecule has 0 saturated heterocycles. The molecule has 1 aliphatic carbocycles. The SMILES string of the molecule is O=S(=O)(Cl)C=Cc1ccc(C2CCCCC2)cc1. The molecular weight excluding hydrogens is 268 g/mol. The van der Waals surface area contributed by atoms with Crippen LogP contribution in [0.2, 0.25) is 0 Å². The second kappa shape index (κ2) is 5.89. The second-order valence-electron chi connectivity index (χ2n) is 4.78. The maximum absolute atomic E-state index is 10.8. The van der Waals surface area contributed by atoms with Crippen LogP contribution in [0, 0.1) is 0 Å². The highest BCUT2D eigenvalue weighted by Gasteiger charge is 2.14. The van der Waals surface area contributed by atoms with Crippen molar-refractivity contribution in [3.05, 3.63) is 40.8 Å². The Hall–Kier alpha value is -0.800. The van der Waals surface area contributed by atoms with Gasteiger partial charge >= 0.3 is 0 Å². The normalized spacial score (nSPS) is 18.3. The van der Waals surface area contributed by atoms with Crippen LogP contribution in [0.3, 0.4) is 0 Å². The predicted octanol–water partition coefficient (Wildman–Crippen LogP) is 4.27. The summed E-state index contributed by atoms with van der Waals surface area (Å²) >= 11 is 0. The van der Waals surface area contributed by atoms with E-state index in [4.69, 9.17) is 10.7 Å². The maximum Gasteiger partial charge on any atom is 0.254 e. The first kappa shape index (κ1) is 13.6. The zero-order valence-corrected chi connectivity index (χ0v) is 11.8. The van der Waals surface area contributed by atoms with Crippen LogP contribution in [0.15, 0.2) is 29.7 Å². The van der Waals surface area contributed by atoms with Gasteiger partial charge in [-0.05, 0) is 36.0 Å². The van der Waals surface area contributed by atoms with Crippen molar-refractivity contribution in [2.24, 2.45) is 0 Å². The van der Waals surface area contributed by atoms with Crippen LogP contribution in [0.4, 0.5) is 0 Å². The van der Waals surface area contributed by atoms with E-state index in [0.29, 0.717) is 5.92 Å². The van der Waals surface area contributed by atoms with E-state index >= 15 is 0 Å². The summed E-state index contributed by atoms with van der Waals surface area (Å²) in [5.41, 5.74) is 2.22. The number of halogens is 1. The van der Waals surface area contributed by atoms with Gasteiger partial charge in [0.1, 0.15) is 0 Å². The summed E-state index contributed by atoms with van der Waals surface area (Å²) in [6.07, 6.45) is 8.04. The van der Waals surface area contributed by atoms with Gasteiger partial charge < -0.3 is 0 Å². The zero-order chi connectivity index (χ0) is 13.0. The quantitative estimate of drug-likeness (QED) is 0.777. The average molecular weight is 285 g/mol. The molecule has 4 heteroatoms. The van der Waals surface area contributed by atoms with Gasteiger partial charge in [-0.3, -0.25) is 0 Å². The summed E-state index contributed by atoms with van der Waals surface area (Å²) in [7, 11) is 1.56. The Kier molecular flexibility index (Phi) is 4.46. The molecule has 0 aliphatic heterocycles. The van der Waals surface area contributed by atoms with E-state index in [9.17, 15) is 8.42 Å². The van der Waals surface area contributed by atoms with Gasteiger partial charge in [0.25, 0.3) is 9.05 Å². The van der Waals surface area contributed by atoms with Crippen LogP contribution in [-0.2, 0) is 9.05 Å². The molecule has 0 radical (unpaired) electrons. The molecule has 1 saturated carbocycles. The lowest BCUT2D eigenvalue weighted by Gasteiger charge is -2.21. The fraction of sp³-hybridized carbons (Fsp3) is 0.429. The van der Waals surface area contributed by atoms with Crippen molar-refractivity contribution in [1.82, 2.24) is 0 Å². The van der Waals surface area contributed by atoms with Gasteiger partial charge in [-0.1, -0.05) is 43.5 Å². The van der Waals surface area contributed by atoms with E-state index in [1.54, 1.807) is 0 Å². The third-order valence-electron chi connectivity index (χ3n) is 3.44. The number of hydrogen-bond acceptors (Lipinski definition) is 2. The molecule has 0 amide bonds. The number of hydrogen-bond donors (Lipinski definition) is 0. The smallest absolute Gasteiger partial charge is 0.208 e. The average Bonchev–Trinajstić information content (AvgIpc) is 2.37. The summed E-state index contributed by atoms with van der Waals surface area (Å²) in [4.78, 5) is 0. The van der Waals surface area contributed by atoms with Crippen molar-refractivity contribution in [2.45, 2.75) is 38.0 Å². The van der Waals surface area contributed by atoms with Gasteiger partial charge in [-0.15, -0.1) is 0 Å². The molecule has 0 heterocycles. The van der Waals surface area contributed by atoms with Crippen molar-refractivity contribution in [3.8, 4) is 0 Å². The zero-order valence-electron chi connectivity index (χ0n) is 10.2. The van der Waals surface area contributed by atoms with Crippen molar-refractivity contribution in [1.29, 1.82) is 0 Å². The molecular formula is C14H17ClO2S. The minimum atomic E-state index is -3.56. The molecule has 0 unspecified atom stereocenters. The lowest BCUT2D eigenvalue weighted by atomic mass is 9.84. The molecule has 1 fully saturated rings. The van der Waals surface area contributed by atoms with Crippen LogP contribution >= 0.6 is 10.7 Å². The predicted molar refractivity (Wildman–Crippen MR) is 76.1 cm³/mol. The lowest BCUT2D eigenvalue weighted by Crippen LogP contribution is -2.04. The van der Waals surface area contributed by atoms with E-state index in [2.05, 4.69) is 12.1 Å². The molecule has 0 spiro atoms. The van der Waals surface area contributed by atoms with E-state index in [0.717, 1.165) is 11.0 Å². The Bertz CT molecular complexity index is 511.